The first-order valence-electron chi connectivity index (χ1n) is 22.6. The third kappa shape index (κ3) is 8.51. The van der Waals surface area contributed by atoms with Crippen molar-refractivity contribution in [2.75, 3.05) is 67.7 Å². The average molecular weight is 929 g/mol. The highest BCUT2D eigenvalue weighted by molar-refractivity contribution is 7.90. The summed E-state index contributed by atoms with van der Waals surface area (Å²) in [7, 11) is -4.60. The van der Waals surface area contributed by atoms with Gasteiger partial charge in [-0.3, -0.25) is 19.8 Å². The number of sulfonamides is 1. The van der Waals surface area contributed by atoms with E-state index in [9.17, 15) is 36.5 Å². The number of nitrogens with zero attached hydrogens (tertiary/aromatic N) is 5. The molecule has 5 aromatic rings. The minimum atomic E-state index is -4.60. The molecule has 1 amide bonds. The van der Waals surface area contributed by atoms with E-state index < -0.39 is 43.2 Å². The van der Waals surface area contributed by atoms with Crippen LogP contribution in [-0.4, -0.2) is 92.7 Å². The third-order valence-corrected chi connectivity index (χ3v) is 15.7. The van der Waals surface area contributed by atoms with Crippen molar-refractivity contribution in [1.82, 2.24) is 19.6 Å². The molecule has 1 spiro atoms. The van der Waals surface area contributed by atoms with Gasteiger partial charge in [0.25, 0.3) is 21.6 Å². The second-order valence-electron chi connectivity index (χ2n) is 18.3. The quantitative estimate of drug-likeness (QED) is 0.0852. The van der Waals surface area contributed by atoms with Crippen LogP contribution in [0.25, 0.3) is 11.0 Å². The van der Waals surface area contributed by atoms with Gasteiger partial charge in [-0.2, -0.15) is 18.2 Å². The summed E-state index contributed by atoms with van der Waals surface area (Å²) in [6, 6.07) is 18.6. The molecular weight excluding hydrogens is 878 g/mol. The highest BCUT2D eigenvalue weighted by Crippen LogP contribution is 2.55. The van der Waals surface area contributed by atoms with E-state index in [0.717, 1.165) is 81.7 Å². The van der Waals surface area contributed by atoms with Crippen LogP contribution in [0.1, 0.15) is 78.9 Å². The lowest BCUT2D eigenvalue weighted by molar-refractivity contribution is -0.384. The topological polar surface area (TPSA) is 175 Å². The fourth-order valence-corrected chi connectivity index (χ4v) is 11.8. The van der Waals surface area contributed by atoms with Gasteiger partial charge in [0.1, 0.15) is 23.6 Å². The van der Waals surface area contributed by atoms with E-state index in [1.807, 2.05) is 23.1 Å². The number of pyridine rings is 1. The van der Waals surface area contributed by atoms with Gasteiger partial charge in [-0.15, -0.1) is 0 Å². The molecule has 3 aromatic carbocycles. The lowest BCUT2D eigenvalue weighted by Gasteiger charge is -2.56. The van der Waals surface area contributed by atoms with Crippen LogP contribution in [0, 0.1) is 21.4 Å². The van der Waals surface area contributed by atoms with Crippen molar-refractivity contribution in [3.63, 3.8) is 0 Å². The summed E-state index contributed by atoms with van der Waals surface area (Å²) in [5, 5.41) is 16.1. The van der Waals surface area contributed by atoms with Gasteiger partial charge < -0.3 is 29.6 Å². The molecule has 3 N–H and O–H groups in total. The summed E-state index contributed by atoms with van der Waals surface area (Å²) in [6.07, 6.45) is 4.17. The predicted octanol–water partition coefficient (Wildman–Crippen LogP) is 8.56. The number of carbonyl (C=O) groups is 1. The third-order valence-electron chi connectivity index (χ3n) is 14.4. The zero-order valence-corrected chi connectivity index (χ0v) is 37.0. The molecule has 19 heteroatoms. The van der Waals surface area contributed by atoms with E-state index in [4.69, 9.17) is 9.47 Å². The number of rotatable bonds is 11. The van der Waals surface area contributed by atoms with Gasteiger partial charge in [0.15, 0.2) is 0 Å². The Balaban J connectivity index is 0.884. The van der Waals surface area contributed by atoms with Gasteiger partial charge in [-0.1, -0.05) is 18.2 Å². The summed E-state index contributed by atoms with van der Waals surface area (Å²) >= 11 is 0. The zero-order valence-electron chi connectivity index (χ0n) is 36.2. The van der Waals surface area contributed by atoms with Gasteiger partial charge in [0, 0.05) is 68.3 Å². The molecule has 6 heterocycles. The normalized spacial score (nSPS) is 20.5. The van der Waals surface area contributed by atoms with Gasteiger partial charge in [-0.25, -0.2) is 13.1 Å². The Morgan fingerprint density at radius 3 is 2.50 bits per heavy atom. The standard InChI is InChI=1S/C47H51F3N8O7S/c48-47(49,50)37-5-2-1-4-35(37)39-6-3-17-56(39)33-27-46(28-33)14-18-55(19-15-46)32-7-9-36(40(25-32)57-20-23-65-45-42(57)24-31-11-16-51-43(31)53-45)44(59)54-66(62,63)34-8-10-38(41(26-34)58(60)61)52-29-30-12-21-64-22-13-30/h1-2,4-5,7-11,16,24-26,30,33,39,52H,3,6,12-15,17-23,27-29H2,(H,51,53)(H,54,59)/t39-/m0/s1. The molecule has 4 aliphatic heterocycles. The highest BCUT2D eigenvalue weighted by Gasteiger charge is 2.50. The van der Waals surface area contributed by atoms with Crippen molar-refractivity contribution in [2.24, 2.45) is 11.3 Å². The maximum Gasteiger partial charge on any atom is 0.416 e. The molecule has 2 aromatic heterocycles. The minimum absolute atomic E-state index is 0.0659. The lowest BCUT2D eigenvalue weighted by Crippen LogP contribution is -2.55. The van der Waals surface area contributed by atoms with Gasteiger partial charge in [0.2, 0.25) is 5.88 Å². The smallest absolute Gasteiger partial charge is 0.416 e. The predicted molar refractivity (Wildman–Crippen MR) is 242 cm³/mol. The number of fused-ring (bicyclic) bond motifs is 2. The van der Waals surface area contributed by atoms with E-state index in [1.54, 1.807) is 30.5 Å². The molecule has 4 fully saturated rings. The fourth-order valence-electron chi connectivity index (χ4n) is 10.8. The number of anilines is 4. The zero-order chi connectivity index (χ0) is 45.8. The van der Waals surface area contributed by atoms with Crippen LogP contribution in [0.5, 0.6) is 5.88 Å². The minimum Gasteiger partial charge on any atom is -0.474 e. The van der Waals surface area contributed by atoms with Crippen LogP contribution in [0.15, 0.2) is 83.9 Å². The maximum atomic E-state index is 14.3. The Hall–Kier alpha value is -5.92. The van der Waals surface area contributed by atoms with Crippen molar-refractivity contribution in [3.05, 3.63) is 106 Å². The Labute approximate surface area is 379 Å². The summed E-state index contributed by atoms with van der Waals surface area (Å²) in [6.45, 7) is 4.47. The number of alkyl halides is 3. The van der Waals surface area contributed by atoms with Crippen molar-refractivity contribution >= 4 is 55.4 Å². The summed E-state index contributed by atoms with van der Waals surface area (Å²) in [5.74, 6) is -0.315. The fraction of sp³-hybridized carbons (Fsp3) is 0.447. The molecule has 15 nitrogen and oxygen atoms in total. The number of piperidine rings is 1. The molecule has 0 unspecified atom stereocenters. The number of aromatic amines is 1. The monoisotopic (exact) mass is 928 g/mol. The maximum absolute atomic E-state index is 14.3. The van der Waals surface area contributed by atoms with Gasteiger partial charge in [0.05, 0.1) is 33.2 Å². The molecule has 348 valence electrons. The number of hydrogen-bond donors (Lipinski definition) is 3. The number of nitrogens with one attached hydrogen (secondary N) is 3. The molecule has 1 saturated carbocycles. The first kappa shape index (κ1) is 43.9. The van der Waals surface area contributed by atoms with E-state index in [2.05, 4.69) is 29.8 Å². The van der Waals surface area contributed by atoms with Crippen LogP contribution in [0.4, 0.5) is 41.6 Å². The summed E-state index contributed by atoms with van der Waals surface area (Å²) in [5.41, 5.74) is 2.21. The number of hydrogen-bond acceptors (Lipinski definition) is 12. The van der Waals surface area contributed by atoms with E-state index >= 15 is 0 Å². The molecule has 5 aliphatic rings. The number of aromatic nitrogens is 2. The molecule has 66 heavy (non-hydrogen) atoms. The molecule has 1 atom stereocenters. The van der Waals surface area contributed by atoms with Crippen molar-refractivity contribution in [3.8, 4) is 5.88 Å². The van der Waals surface area contributed by atoms with E-state index in [0.29, 0.717) is 61.2 Å². The SMILES string of the molecule is O=C(NS(=O)(=O)c1ccc(NCC2CCOCC2)c([N+](=O)[O-])c1)c1ccc(N2CCC3(CC2)CC(N2CCC[C@H]2c2ccccc2C(F)(F)F)C3)cc1N1CCOc2nc3[nH]ccc3cc21. The first-order valence-corrected chi connectivity index (χ1v) is 24.1. The van der Waals surface area contributed by atoms with Crippen molar-refractivity contribution in [2.45, 2.75) is 74.5 Å². The Bertz CT molecular complexity index is 2760. The number of H-pyrrole nitrogens is 1. The number of likely N-dealkylation sites (tertiary alicyclic amines) is 1. The first-order chi connectivity index (χ1) is 31.7. The largest absolute Gasteiger partial charge is 0.474 e. The molecule has 0 radical (unpaired) electrons. The lowest BCUT2D eigenvalue weighted by atomic mass is 9.59. The van der Waals surface area contributed by atoms with Crippen LogP contribution in [0.3, 0.4) is 0 Å². The van der Waals surface area contributed by atoms with Gasteiger partial charge >= 0.3 is 6.18 Å². The number of nitro benzene ring substituents is 1. The molecule has 1 aliphatic carbocycles. The van der Waals surface area contributed by atoms with Crippen LogP contribution in [0.2, 0.25) is 0 Å². The summed E-state index contributed by atoms with van der Waals surface area (Å²) < 4.78 is 83.4. The molecule has 0 bridgehead atoms. The number of nitro groups is 1. The van der Waals surface area contributed by atoms with Crippen LogP contribution in [-0.2, 0) is 20.9 Å². The summed E-state index contributed by atoms with van der Waals surface area (Å²) in [4.78, 5) is 39.6. The Morgan fingerprint density at radius 2 is 1.73 bits per heavy atom. The second-order valence-corrected chi connectivity index (χ2v) is 19.9. The molecule has 3 saturated heterocycles. The van der Waals surface area contributed by atoms with Gasteiger partial charge in [-0.05, 0) is 123 Å². The van der Waals surface area contributed by atoms with Crippen LogP contribution >= 0.6 is 0 Å². The molecule has 10 rings (SSSR count). The Morgan fingerprint density at radius 1 is 0.939 bits per heavy atom. The molecular formula is C47H51F3N8O7S. The number of ether oxygens (including phenoxy) is 2. The second kappa shape index (κ2) is 17.4. The van der Waals surface area contributed by atoms with E-state index in [-0.39, 0.29) is 41.3 Å². The van der Waals surface area contributed by atoms with Crippen molar-refractivity contribution in [1.29, 1.82) is 0 Å². The number of benzene rings is 3. The van der Waals surface area contributed by atoms with Crippen LogP contribution < -0.4 is 24.6 Å². The Kier molecular flexibility index (Phi) is 11.6. The number of halogens is 3. The number of carbonyl (C=O) groups excluding carboxylic acids is 1. The number of amides is 1. The van der Waals surface area contributed by atoms with E-state index in [1.165, 1.54) is 24.3 Å². The van der Waals surface area contributed by atoms with Crippen molar-refractivity contribution < 1.29 is 40.8 Å². The average Bonchev–Trinajstić information content (AvgIpc) is 3.99. The highest BCUT2D eigenvalue weighted by atomic mass is 32.2.